The number of nitrogens with two attached hydrogens (primary N) is 1. The molecular weight excluding hydrogens is 228 g/mol. The van der Waals surface area contributed by atoms with E-state index in [4.69, 9.17) is 15.2 Å². The van der Waals surface area contributed by atoms with Crippen LogP contribution in [0.5, 0.6) is 5.75 Å². The quantitative estimate of drug-likeness (QED) is 0.820. The number of ether oxygens (including phenoxy) is 2. The van der Waals surface area contributed by atoms with Crippen LogP contribution in [0, 0.1) is 0 Å². The molecule has 0 amide bonds. The number of hydrogen-bond donors (Lipinski definition) is 1. The van der Waals surface area contributed by atoms with Crippen molar-refractivity contribution in [3.05, 3.63) is 42.5 Å². The summed E-state index contributed by atoms with van der Waals surface area (Å²) < 4.78 is 10.6. The normalized spacial score (nSPS) is 10.3. The number of pyridine rings is 1. The molecule has 0 unspecified atom stereocenters. The molecule has 0 saturated carbocycles. The smallest absolute Gasteiger partial charge is 0.128 e. The maximum Gasteiger partial charge on any atom is 0.128 e. The lowest BCUT2D eigenvalue weighted by atomic mass is 10.1. The first-order valence-corrected chi connectivity index (χ1v) is 5.75. The predicted octanol–water partition coefficient (Wildman–Crippen LogP) is 2.36. The number of anilines is 1. The molecular formula is C14H16N2O2. The highest BCUT2D eigenvalue weighted by Crippen LogP contribution is 2.28. The lowest BCUT2D eigenvalue weighted by molar-refractivity contribution is 0.146. The van der Waals surface area contributed by atoms with E-state index in [9.17, 15) is 0 Å². The third-order valence-electron chi connectivity index (χ3n) is 2.48. The van der Waals surface area contributed by atoms with Gasteiger partial charge < -0.3 is 15.2 Å². The molecule has 1 aromatic carbocycles. The van der Waals surface area contributed by atoms with Crippen molar-refractivity contribution in [3.63, 3.8) is 0 Å². The molecule has 94 valence electrons. The summed E-state index contributed by atoms with van der Waals surface area (Å²) in [6, 6.07) is 13.3. The summed E-state index contributed by atoms with van der Waals surface area (Å²) in [6.45, 7) is 1.06. The van der Waals surface area contributed by atoms with E-state index in [1.807, 2.05) is 36.4 Å². The monoisotopic (exact) mass is 244 g/mol. The largest absolute Gasteiger partial charge is 0.490 e. The van der Waals surface area contributed by atoms with Crippen molar-refractivity contribution in [1.29, 1.82) is 0 Å². The first-order valence-electron chi connectivity index (χ1n) is 5.75. The van der Waals surface area contributed by atoms with Gasteiger partial charge in [-0.05, 0) is 24.3 Å². The molecule has 1 heterocycles. The fourth-order valence-corrected chi connectivity index (χ4v) is 1.64. The Morgan fingerprint density at radius 1 is 1.06 bits per heavy atom. The predicted molar refractivity (Wildman–Crippen MR) is 71.5 cm³/mol. The molecule has 4 heteroatoms. The second-order valence-corrected chi connectivity index (χ2v) is 3.79. The maximum absolute atomic E-state index is 5.70. The molecule has 0 bridgehead atoms. The number of nitrogen functional groups attached to an aromatic ring is 1. The van der Waals surface area contributed by atoms with Crippen LogP contribution >= 0.6 is 0 Å². The number of para-hydroxylation sites is 1. The van der Waals surface area contributed by atoms with Gasteiger partial charge in [0.2, 0.25) is 0 Å². The van der Waals surface area contributed by atoms with Crippen LogP contribution in [0.2, 0.25) is 0 Å². The van der Waals surface area contributed by atoms with E-state index >= 15 is 0 Å². The van der Waals surface area contributed by atoms with E-state index in [1.165, 1.54) is 0 Å². The molecule has 2 N–H and O–H groups in total. The van der Waals surface area contributed by atoms with Crippen molar-refractivity contribution < 1.29 is 9.47 Å². The van der Waals surface area contributed by atoms with Crippen LogP contribution < -0.4 is 10.5 Å². The van der Waals surface area contributed by atoms with Crippen LogP contribution in [-0.4, -0.2) is 25.3 Å². The van der Waals surface area contributed by atoms with Gasteiger partial charge in [-0.3, -0.25) is 0 Å². The summed E-state index contributed by atoms with van der Waals surface area (Å²) in [7, 11) is 1.65. The first-order chi connectivity index (χ1) is 8.81. The topological polar surface area (TPSA) is 57.4 Å². The Hall–Kier alpha value is -2.07. The van der Waals surface area contributed by atoms with E-state index < -0.39 is 0 Å². The number of hydrogen-bond acceptors (Lipinski definition) is 4. The molecule has 18 heavy (non-hydrogen) atoms. The van der Waals surface area contributed by atoms with Crippen molar-refractivity contribution in [3.8, 4) is 17.0 Å². The summed E-state index contributed by atoms with van der Waals surface area (Å²) in [5.74, 6) is 1.28. The first kappa shape index (κ1) is 12.4. The van der Waals surface area contributed by atoms with Crippen LogP contribution in [0.3, 0.4) is 0 Å². The zero-order valence-corrected chi connectivity index (χ0v) is 10.3. The zero-order chi connectivity index (χ0) is 12.8. The average molecular weight is 244 g/mol. The van der Waals surface area contributed by atoms with E-state index in [1.54, 1.807) is 13.2 Å². The van der Waals surface area contributed by atoms with Crippen LogP contribution in [0.15, 0.2) is 42.5 Å². The molecule has 0 atom stereocenters. The van der Waals surface area contributed by atoms with Crippen LogP contribution in [0.1, 0.15) is 0 Å². The van der Waals surface area contributed by atoms with Gasteiger partial charge in [0.15, 0.2) is 0 Å². The second-order valence-electron chi connectivity index (χ2n) is 3.79. The van der Waals surface area contributed by atoms with Gasteiger partial charge in [0.05, 0.1) is 12.3 Å². The Balaban J connectivity index is 2.27. The van der Waals surface area contributed by atoms with Gasteiger partial charge in [0.1, 0.15) is 18.2 Å². The van der Waals surface area contributed by atoms with Crippen molar-refractivity contribution >= 4 is 5.82 Å². The van der Waals surface area contributed by atoms with Crippen molar-refractivity contribution in [2.24, 2.45) is 0 Å². The Bertz CT molecular complexity index is 515. The minimum Gasteiger partial charge on any atom is -0.490 e. The van der Waals surface area contributed by atoms with Crippen LogP contribution in [0.4, 0.5) is 5.82 Å². The highest BCUT2D eigenvalue weighted by atomic mass is 16.5. The van der Waals surface area contributed by atoms with E-state index in [2.05, 4.69) is 4.98 Å². The third kappa shape index (κ3) is 2.99. The molecule has 2 aromatic rings. The van der Waals surface area contributed by atoms with Gasteiger partial charge >= 0.3 is 0 Å². The van der Waals surface area contributed by atoms with Crippen molar-refractivity contribution in [2.45, 2.75) is 0 Å². The van der Waals surface area contributed by atoms with E-state index in [-0.39, 0.29) is 0 Å². The Kier molecular flexibility index (Phi) is 4.15. The molecule has 0 aliphatic rings. The molecule has 0 spiro atoms. The van der Waals surface area contributed by atoms with Crippen LogP contribution in [-0.2, 0) is 4.74 Å². The lowest BCUT2D eigenvalue weighted by Gasteiger charge is -2.10. The van der Waals surface area contributed by atoms with Gasteiger partial charge in [-0.1, -0.05) is 18.2 Å². The summed E-state index contributed by atoms with van der Waals surface area (Å²) >= 11 is 0. The molecule has 4 nitrogen and oxygen atoms in total. The minimum atomic E-state index is 0.499. The van der Waals surface area contributed by atoms with Crippen molar-refractivity contribution in [1.82, 2.24) is 4.98 Å². The summed E-state index contributed by atoms with van der Waals surface area (Å²) in [5.41, 5.74) is 7.44. The van der Waals surface area contributed by atoms with E-state index in [0.717, 1.165) is 17.0 Å². The summed E-state index contributed by atoms with van der Waals surface area (Å²) in [4.78, 5) is 4.30. The fraction of sp³-hybridized carbons (Fsp3) is 0.214. The van der Waals surface area contributed by atoms with Gasteiger partial charge in [0.25, 0.3) is 0 Å². The van der Waals surface area contributed by atoms with E-state index in [0.29, 0.717) is 19.0 Å². The second kappa shape index (κ2) is 6.02. The molecule has 2 rings (SSSR count). The molecule has 0 radical (unpaired) electrons. The van der Waals surface area contributed by atoms with Gasteiger partial charge in [0, 0.05) is 12.7 Å². The number of aromatic nitrogens is 1. The highest BCUT2D eigenvalue weighted by Gasteiger charge is 2.06. The fourth-order valence-electron chi connectivity index (χ4n) is 1.64. The molecule has 0 aliphatic carbocycles. The number of benzene rings is 1. The average Bonchev–Trinajstić information content (AvgIpc) is 2.40. The Labute approximate surface area is 106 Å². The number of methoxy groups -OCH3 is 1. The van der Waals surface area contributed by atoms with Crippen LogP contribution in [0.25, 0.3) is 11.3 Å². The standard InChI is InChI=1S/C14H16N2O2/c1-17-9-10-18-13-7-3-2-5-11(13)12-6-4-8-14(15)16-12/h2-8H,9-10H2,1H3,(H2,15,16). The van der Waals surface area contributed by atoms with Crippen molar-refractivity contribution in [2.75, 3.05) is 26.1 Å². The van der Waals surface area contributed by atoms with Gasteiger partial charge in [-0.2, -0.15) is 0 Å². The molecule has 1 aromatic heterocycles. The zero-order valence-electron chi connectivity index (χ0n) is 10.3. The summed E-state index contributed by atoms with van der Waals surface area (Å²) in [5, 5.41) is 0. The van der Waals surface area contributed by atoms with Gasteiger partial charge in [-0.15, -0.1) is 0 Å². The number of rotatable bonds is 5. The Morgan fingerprint density at radius 2 is 1.89 bits per heavy atom. The molecule has 0 aliphatic heterocycles. The van der Waals surface area contributed by atoms with Gasteiger partial charge in [-0.25, -0.2) is 4.98 Å². The minimum absolute atomic E-state index is 0.499. The third-order valence-corrected chi connectivity index (χ3v) is 2.48. The lowest BCUT2D eigenvalue weighted by Crippen LogP contribution is -2.05. The Morgan fingerprint density at radius 3 is 2.67 bits per heavy atom. The number of nitrogens with zero attached hydrogens (tertiary/aromatic N) is 1. The summed E-state index contributed by atoms with van der Waals surface area (Å²) in [6.07, 6.45) is 0. The SMILES string of the molecule is COCCOc1ccccc1-c1cccc(N)n1. The molecule has 0 fully saturated rings. The molecule has 0 saturated heterocycles. The highest BCUT2D eigenvalue weighted by molar-refractivity contribution is 5.68. The maximum atomic E-state index is 5.70.